The van der Waals surface area contributed by atoms with Crippen molar-refractivity contribution >= 4 is 16.9 Å². The fourth-order valence-electron chi connectivity index (χ4n) is 4.86. The minimum atomic E-state index is -4.89. The van der Waals surface area contributed by atoms with Crippen LogP contribution in [0.5, 0.6) is 0 Å². The number of nitrogens with one attached hydrogen (secondary N) is 1. The van der Waals surface area contributed by atoms with Crippen LogP contribution in [0.15, 0.2) is 53.4 Å². The Morgan fingerprint density at radius 3 is 1.93 bits per heavy atom. The standard InChI is InChI=1S/C30H37F6NO5S/c1-7-23(28(17-40-27(5,6)41-18-28)37-25(38)42-26(2,3)4)20-10-8-19(9-11-20)16-24(30(34,35)36)43(39)22-14-12-21(13-15-22)29(31,32)33/h8-15,23-24H,7,16-18H2,1-6H3,(H,37,38). The number of hydrogen-bond donors (Lipinski definition) is 1. The average Bonchev–Trinajstić information content (AvgIpc) is 2.87. The Morgan fingerprint density at radius 1 is 0.953 bits per heavy atom. The summed E-state index contributed by atoms with van der Waals surface area (Å²) in [5.41, 5.74) is -1.93. The van der Waals surface area contributed by atoms with Gasteiger partial charge in [0.05, 0.1) is 35.1 Å². The number of ether oxygens (including phenoxy) is 3. The minimum Gasteiger partial charge on any atom is -0.444 e. The van der Waals surface area contributed by atoms with E-state index in [-0.39, 0.29) is 29.6 Å². The van der Waals surface area contributed by atoms with Crippen molar-refractivity contribution in [1.29, 1.82) is 0 Å². The highest BCUT2D eigenvalue weighted by Crippen LogP contribution is 2.38. The predicted octanol–water partition coefficient (Wildman–Crippen LogP) is 7.53. The fraction of sp³-hybridized carbons (Fsp3) is 0.567. The van der Waals surface area contributed by atoms with Crippen molar-refractivity contribution < 1.29 is 49.6 Å². The lowest BCUT2D eigenvalue weighted by Crippen LogP contribution is -2.64. The molecule has 0 spiro atoms. The summed E-state index contributed by atoms with van der Waals surface area (Å²) in [7, 11) is -2.66. The summed E-state index contributed by atoms with van der Waals surface area (Å²) in [5, 5.41) is 0.571. The summed E-state index contributed by atoms with van der Waals surface area (Å²) in [6.07, 6.45) is -10.4. The van der Waals surface area contributed by atoms with E-state index in [9.17, 15) is 35.3 Å². The maximum Gasteiger partial charge on any atom is 0.416 e. The van der Waals surface area contributed by atoms with Crippen LogP contribution in [0.3, 0.4) is 0 Å². The highest BCUT2D eigenvalue weighted by atomic mass is 32.2. The monoisotopic (exact) mass is 637 g/mol. The topological polar surface area (TPSA) is 73.9 Å². The number of benzene rings is 2. The van der Waals surface area contributed by atoms with Crippen molar-refractivity contribution in [3.8, 4) is 0 Å². The average molecular weight is 638 g/mol. The lowest BCUT2D eigenvalue weighted by Gasteiger charge is -2.47. The van der Waals surface area contributed by atoms with E-state index in [1.165, 1.54) is 12.1 Å². The molecule has 0 aromatic heterocycles. The van der Waals surface area contributed by atoms with E-state index in [0.29, 0.717) is 24.1 Å². The fourth-order valence-corrected chi connectivity index (χ4v) is 6.18. The zero-order chi connectivity index (χ0) is 32.4. The van der Waals surface area contributed by atoms with Gasteiger partial charge in [-0.05, 0) is 82.9 Å². The Kier molecular flexibility index (Phi) is 10.3. The molecule has 1 saturated heterocycles. The lowest BCUT2D eigenvalue weighted by molar-refractivity contribution is -0.273. The van der Waals surface area contributed by atoms with Crippen LogP contribution in [0.1, 0.15) is 70.6 Å². The van der Waals surface area contributed by atoms with Gasteiger partial charge in [-0.2, -0.15) is 26.3 Å². The molecule has 3 rings (SSSR count). The molecule has 2 aromatic carbocycles. The normalized spacial score (nSPS) is 19.3. The molecule has 0 radical (unpaired) electrons. The van der Waals surface area contributed by atoms with Crippen molar-refractivity contribution in [2.75, 3.05) is 13.2 Å². The van der Waals surface area contributed by atoms with Gasteiger partial charge >= 0.3 is 18.4 Å². The summed E-state index contributed by atoms with van der Waals surface area (Å²) in [5.74, 6) is -1.28. The van der Waals surface area contributed by atoms with Gasteiger partial charge in [-0.3, -0.25) is 4.21 Å². The molecular formula is C30H37F6NO5S. The van der Waals surface area contributed by atoms with Gasteiger partial charge in [-0.1, -0.05) is 31.2 Å². The molecule has 1 aliphatic heterocycles. The van der Waals surface area contributed by atoms with Crippen LogP contribution >= 0.6 is 0 Å². The first-order valence-corrected chi connectivity index (χ1v) is 14.9. The molecule has 1 heterocycles. The van der Waals surface area contributed by atoms with Gasteiger partial charge in [-0.15, -0.1) is 0 Å². The number of alkyl carbamates (subject to hydrolysis) is 1. The van der Waals surface area contributed by atoms with Gasteiger partial charge in [0.15, 0.2) is 5.79 Å². The van der Waals surface area contributed by atoms with Crippen LogP contribution in [0.25, 0.3) is 0 Å². The quantitative estimate of drug-likeness (QED) is 0.303. The van der Waals surface area contributed by atoms with Gasteiger partial charge in [0.2, 0.25) is 0 Å². The molecule has 0 saturated carbocycles. The van der Waals surface area contributed by atoms with Crippen LogP contribution in [0, 0.1) is 0 Å². The van der Waals surface area contributed by atoms with Crippen molar-refractivity contribution in [3.63, 3.8) is 0 Å². The number of carbonyl (C=O) groups is 1. The summed E-state index contributed by atoms with van der Waals surface area (Å²) in [6, 6.07) is 9.07. The second-order valence-corrected chi connectivity index (χ2v) is 13.7. The second-order valence-electron chi connectivity index (χ2n) is 12.0. The number of hydrogen-bond acceptors (Lipinski definition) is 5. The number of amides is 1. The SMILES string of the molecule is CCC(c1ccc(CC(S(=O)c2ccc(C(F)(F)F)cc2)C(F)(F)F)cc1)C1(NC(=O)OC(C)(C)C)COC(C)(C)OC1. The maximum absolute atomic E-state index is 14.0. The first-order valence-electron chi connectivity index (χ1n) is 13.7. The van der Waals surface area contributed by atoms with Crippen LogP contribution in [-0.2, 0) is 37.6 Å². The molecule has 0 aliphatic carbocycles. The smallest absolute Gasteiger partial charge is 0.416 e. The first kappa shape index (κ1) is 34.8. The largest absolute Gasteiger partial charge is 0.444 e. The van der Waals surface area contributed by atoms with E-state index in [0.717, 1.165) is 12.1 Å². The third-order valence-electron chi connectivity index (χ3n) is 7.02. The summed E-state index contributed by atoms with van der Waals surface area (Å²) in [4.78, 5) is 12.5. The lowest BCUT2D eigenvalue weighted by atomic mass is 9.77. The van der Waals surface area contributed by atoms with Gasteiger partial charge in [0, 0.05) is 10.8 Å². The van der Waals surface area contributed by atoms with Crippen molar-refractivity contribution in [3.05, 3.63) is 65.2 Å². The van der Waals surface area contributed by atoms with E-state index in [4.69, 9.17) is 14.2 Å². The molecule has 1 amide bonds. The number of alkyl halides is 6. The minimum absolute atomic E-state index is 0.0851. The maximum atomic E-state index is 14.0. The molecule has 3 atom stereocenters. The zero-order valence-corrected chi connectivity index (χ0v) is 25.6. The molecular weight excluding hydrogens is 600 g/mol. The highest BCUT2D eigenvalue weighted by molar-refractivity contribution is 7.85. The van der Waals surface area contributed by atoms with Gasteiger partial charge in [0.1, 0.15) is 10.9 Å². The molecule has 6 nitrogen and oxygen atoms in total. The van der Waals surface area contributed by atoms with Gasteiger partial charge < -0.3 is 19.5 Å². The predicted molar refractivity (Wildman–Crippen MR) is 149 cm³/mol. The summed E-state index contributed by atoms with van der Waals surface area (Å²) >= 11 is 0. The number of rotatable bonds is 8. The third-order valence-corrected chi connectivity index (χ3v) is 8.71. The van der Waals surface area contributed by atoms with E-state index >= 15 is 0 Å². The molecule has 240 valence electrons. The summed E-state index contributed by atoms with van der Waals surface area (Å²) < 4.78 is 111. The molecule has 1 fully saturated rings. The van der Waals surface area contributed by atoms with Gasteiger partial charge in [0.25, 0.3) is 0 Å². The molecule has 13 heteroatoms. The van der Waals surface area contributed by atoms with Crippen LogP contribution in [0.4, 0.5) is 31.1 Å². The van der Waals surface area contributed by atoms with E-state index in [2.05, 4.69) is 5.32 Å². The number of carbonyl (C=O) groups excluding carboxylic acids is 1. The van der Waals surface area contributed by atoms with Crippen LogP contribution < -0.4 is 5.32 Å². The number of halogens is 6. The molecule has 0 bridgehead atoms. The van der Waals surface area contributed by atoms with Crippen molar-refractivity contribution in [2.24, 2.45) is 0 Å². The molecule has 3 unspecified atom stereocenters. The van der Waals surface area contributed by atoms with Crippen molar-refractivity contribution in [1.82, 2.24) is 5.32 Å². The van der Waals surface area contributed by atoms with Crippen molar-refractivity contribution in [2.45, 2.75) is 99.7 Å². The molecule has 1 aliphatic rings. The van der Waals surface area contributed by atoms with E-state index in [1.807, 2.05) is 6.92 Å². The third kappa shape index (κ3) is 9.18. The van der Waals surface area contributed by atoms with E-state index in [1.54, 1.807) is 46.8 Å². The first-order chi connectivity index (χ1) is 19.7. The summed E-state index contributed by atoms with van der Waals surface area (Å²) in [6.45, 7) is 10.7. The Hall–Kier alpha value is -2.64. The van der Waals surface area contributed by atoms with Gasteiger partial charge in [-0.25, -0.2) is 4.79 Å². The van der Waals surface area contributed by atoms with E-state index < -0.39 is 63.4 Å². The Morgan fingerprint density at radius 2 is 1.49 bits per heavy atom. The Bertz CT molecular complexity index is 1260. The van der Waals surface area contributed by atoms with Crippen LogP contribution in [0.2, 0.25) is 0 Å². The van der Waals surface area contributed by atoms with Crippen LogP contribution in [-0.4, -0.2) is 51.9 Å². The Balaban J connectivity index is 1.87. The molecule has 2 aromatic rings. The highest BCUT2D eigenvalue weighted by Gasteiger charge is 2.48. The molecule has 1 N–H and O–H groups in total. The zero-order valence-electron chi connectivity index (χ0n) is 24.8. The molecule has 43 heavy (non-hydrogen) atoms. The Labute approximate surface area is 249 Å². The second kappa shape index (κ2) is 12.8.